The van der Waals surface area contributed by atoms with E-state index >= 15 is 4.39 Å². The number of anilines is 1. The lowest BCUT2D eigenvalue weighted by atomic mass is 9.89. The summed E-state index contributed by atoms with van der Waals surface area (Å²) in [6.45, 7) is 5.99. The van der Waals surface area contributed by atoms with Crippen LogP contribution in [-0.4, -0.2) is 58.0 Å². The molecule has 4 aromatic rings. The highest BCUT2D eigenvalue weighted by Gasteiger charge is 2.23. The summed E-state index contributed by atoms with van der Waals surface area (Å²) >= 11 is 6.67. The van der Waals surface area contributed by atoms with Gasteiger partial charge in [-0.15, -0.1) is 0 Å². The first-order valence-corrected chi connectivity index (χ1v) is 14.5. The molecule has 4 heterocycles. The number of hydrogen-bond donors (Lipinski definition) is 1. The molecule has 2 aromatic carbocycles. The number of likely N-dealkylation sites (tertiary alicyclic amines) is 1. The molecule has 0 spiro atoms. The summed E-state index contributed by atoms with van der Waals surface area (Å²) in [5, 5.41) is 8.46. The predicted octanol–water partition coefficient (Wildman–Crippen LogP) is 4.19. The lowest BCUT2D eigenvalue weighted by Gasteiger charge is -2.30. The topological polar surface area (TPSA) is 91.8 Å². The number of fused-ring (bicyclic) bond motifs is 1. The van der Waals surface area contributed by atoms with Crippen LogP contribution in [0, 0.1) is 12.7 Å². The van der Waals surface area contributed by atoms with Gasteiger partial charge in [0.15, 0.2) is 6.29 Å². The third-order valence-corrected chi connectivity index (χ3v) is 8.39. The van der Waals surface area contributed by atoms with E-state index in [2.05, 4.69) is 27.4 Å². The van der Waals surface area contributed by atoms with Crippen molar-refractivity contribution in [1.29, 1.82) is 0 Å². The van der Waals surface area contributed by atoms with Gasteiger partial charge in [-0.3, -0.25) is 9.36 Å². The number of halogens is 2. The van der Waals surface area contributed by atoms with Crippen LogP contribution in [0.15, 0.2) is 56.8 Å². The fraction of sp³-hybridized carbons (Fsp3) is 0.355. The van der Waals surface area contributed by atoms with Crippen LogP contribution >= 0.6 is 11.6 Å². The largest absolute Gasteiger partial charge is 0.347 e. The van der Waals surface area contributed by atoms with Crippen molar-refractivity contribution >= 4 is 23.5 Å². The smallest absolute Gasteiger partial charge is 0.260 e. The molecule has 2 aromatic heterocycles. The van der Waals surface area contributed by atoms with Crippen LogP contribution in [0.5, 0.6) is 0 Å². The average Bonchev–Trinajstić information content (AvgIpc) is 3.41. The first-order valence-electron chi connectivity index (χ1n) is 14.1. The van der Waals surface area contributed by atoms with E-state index in [0.717, 1.165) is 36.7 Å². The number of hydrogen-bond acceptors (Lipinski definition) is 8. The van der Waals surface area contributed by atoms with Gasteiger partial charge in [-0.1, -0.05) is 35.0 Å². The Hall–Kier alpha value is -4.02. The zero-order chi connectivity index (χ0) is 29.5. The van der Waals surface area contributed by atoms with E-state index in [4.69, 9.17) is 21.1 Å². The number of piperidine rings is 1. The van der Waals surface area contributed by atoms with Crippen molar-refractivity contribution in [2.24, 2.45) is 4.99 Å². The standard InChI is InChI=1S/C31H33ClFN7O2/c1-5-40-29-21(14-25(30(40)41)24-8-6-20(15-26(24)32)28-34-18(2)42-37-28)17-39(4)31(36-29)35-22-7-9-23(27(33)16-22)19-10-12-38(3)13-11-19/h6-9,14-17,19,31,35H,5,10-13H2,1-4H3. The van der Waals surface area contributed by atoms with Gasteiger partial charge in [0.2, 0.25) is 11.7 Å². The minimum Gasteiger partial charge on any atom is -0.347 e. The second kappa shape index (κ2) is 11.3. The molecule has 2 aliphatic rings. The van der Waals surface area contributed by atoms with Gasteiger partial charge >= 0.3 is 0 Å². The van der Waals surface area contributed by atoms with Crippen LogP contribution in [-0.2, 0) is 6.54 Å². The zero-order valence-electron chi connectivity index (χ0n) is 24.1. The summed E-state index contributed by atoms with van der Waals surface area (Å²) in [5.74, 6) is 0.918. The summed E-state index contributed by atoms with van der Waals surface area (Å²) in [6.07, 6.45) is 3.33. The van der Waals surface area contributed by atoms with Crippen molar-refractivity contribution in [3.05, 3.63) is 85.8 Å². The third-order valence-electron chi connectivity index (χ3n) is 8.08. The van der Waals surface area contributed by atoms with Crippen LogP contribution in [0.25, 0.3) is 28.7 Å². The normalized spacial score (nSPS) is 17.5. The Balaban J connectivity index is 1.31. The summed E-state index contributed by atoms with van der Waals surface area (Å²) in [6, 6.07) is 12.5. The Bertz CT molecular complexity index is 1830. The van der Waals surface area contributed by atoms with E-state index in [1.807, 2.05) is 49.3 Å². The van der Waals surface area contributed by atoms with Crippen molar-refractivity contribution in [1.82, 2.24) is 24.5 Å². The molecule has 42 heavy (non-hydrogen) atoms. The molecule has 11 heteroatoms. The highest BCUT2D eigenvalue weighted by molar-refractivity contribution is 6.33. The quantitative estimate of drug-likeness (QED) is 0.360. The minimum atomic E-state index is -0.518. The summed E-state index contributed by atoms with van der Waals surface area (Å²) in [7, 11) is 3.99. The number of aryl methyl sites for hydroxylation is 1. The zero-order valence-corrected chi connectivity index (χ0v) is 24.8. The highest BCUT2D eigenvalue weighted by Crippen LogP contribution is 2.31. The molecule has 1 fully saturated rings. The van der Waals surface area contributed by atoms with Crippen molar-refractivity contribution in [3.63, 3.8) is 0 Å². The molecular formula is C31H33ClFN7O2. The first-order chi connectivity index (χ1) is 20.2. The van der Waals surface area contributed by atoms with Crippen LogP contribution in [0.3, 0.4) is 0 Å². The van der Waals surface area contributed by atoms with Crippen molar-refractivity contribution in [2.45, 2.75) is 45.4 Å². The molecule has 0 bridgehead atoms. The van der Waals surface area contributed by atoms with E-state index in [1.165, 1.54) is 0 Å². The highest BCUT2D eigenvalue weighted by atomic mass is 35.5. The van der Waals surface area contributed by atoms with Crippen molar-refractivity contribution in [2.75, 3.05) is 32.5 Å². The fourth-order valence-corrected chi connectivity index (χ4v) is 6.02. The second-order valence-corrected chi connectivity index (χ2v) is 11.4. The Morgan fingerprint density at radius 1 is 1.10 bits per heavy atom. The molecule has 1 unspecified atom stereocenters. The third kappa shape index (κ3) is 5.32. The SMILES string of the molecule is CCn1c(=O)c(-c2ccc(-c3noc(C)n3)cc2Cl)cc2c1=NC(Nc1ccc(C3CCN(C)CC3)c(F)c1)N(C)C=2. The van der Waals surface area contributed by atoms with Gasteiger partial charge in [0.05, 0.1) is 0 Å². The Morgan fingerprint density at radius 3 is 2.55 bits per heavy atom. The van der Waals surface area contributed by atoms with E-state index < -0.39 is 6.29 Å². The monoisotopic (exact) mass is 589 g/mol. The van der Waals surface area contributed by atoms with Gasteiger partial charge in [-0.05, 0) is 75.6 Å². The molecule has 0 saturated carbocycles. The van der Waals surface area contributed by atoms with E-state index in [9.17, 15) is 4.79 Å². The lowest BCUT2D eigenvalue weighted by Crippen LogP contribution is -2.51. The van der Waals surface area contributed by atoms with Gasteiger partial charge < -0.3 is 19.6 Å². The average molecular weight is 590 g/mol. The fourth-order valence-electron chi connectivity index (χ4n) is 5.74. The molecule has 1 atom stereocenters. The van der Waals surface area contributed by atoms with Gasteiger partial charge in [0.1, 0.15) is 11.3 Å². The van der Waals surface area contributed by atoms with Crippen LogP contribution in [0.1, 0.15) is 37.1 Å². The van der Waals surface area contributed by atoms with Gasteiger partial charge in [0, 0.05) is 59.3 Å². The predicted molar refractivity (Wildman–Crippen MR) is 161 cm³/mol. The van der Waals surface area contributed by atoms with E-state index in [1.54, 1.807) is 29.7 Å². The first kappa shape index (κ1) is 28.1. The van der Waals surface area contributed by atoms with Crippen molar-refractivity contribution in [3.8, 4) is 22.5 Å². The molecule has 0 radical (unpaired) electrons. The maximum atomic E-state index is 15.2. The molecule has 0 aliphatic carbocycles. The Morgan fingerprint density at radius 2 is 1.88 bits per heavy atom. The summed E-state index contributed by atoms with van der Waals surface area (Å²) in [4.78, 5) is 27.0. The molecule has 6 rings (SSSR count). The molecule has 0 amide bonds. The maximum absolute atomic E-state index is 15.2. The molecule has 2 aliphatic heterocycles. The van der Waals surface area contributed by atoms with Gasteiger partial charge in [0.25, 0.3) is 5.56 Å². The van der Waals surface area contributed by atoms with E-state index in [-0.39, 0.29) is 17.3 Å². The minimum absolute atomic E-state index is 0.199. The number of benzene rings is 2. The molecular weight excluding hydrogens is 557 g/mol. The van der Waals surface area contributed by atoms with Gasteiger partial charge in [-0.2, -0.15) is 4.98 Å². The van der Waals surface area contributed by atoms with Crippen LogP contribution in [0.4, 0.5) is 10.1 Å². The van der Waals surface area contributed by atoms with Gasteiger partial charge in [-0.25, -0.2) is 9.38 Å². The molecule has 9 nitrogen and oxygen atoms in total. The Labute approximate surface area is 247 Å². The molecule has 1 N–H and O–H groups in total. The second-order valence-electron chi connectivity index (χ2n) is 11.0. The lowest BCUT2D eigenvalue weighted by molar-refractivity contribution is 0.253. The molecule has 1 saturated heterocycles. The Kier molecular flexibility index (Phi) is 7.59. The summed E-state index contributed by atoms with van der Waals surface area (Å²) < 4.78 is 21.9. The van der Waals surface area contributed by atoms with E-state index in [0.29, 0.717) is 51.1 Å². The number of pyridine rings is 1. The number of rotatable bonds is 6. The van der Waals surface area contributed by atoms with Crippen molar-refractivity contribution < 1.29 is 8.91 Å². The van der Waals surface area contributed by atoms with Crippen LogP contribution < -0.4 is 21.6 Å². The number of nitrogens with zero attached hydrogens (tertiary/aromatic N) is 6. The summed E-state index contributed by atoms with van der Waals surface area (Å²) in [5.41, 5.74) is 3.52. The maximum Gasteiger partial charge on any atom is 0.260 e. The number of aromatic nitrogens is 3. The van der Waals surface area contributed by atoms with Crippen LogP contribution in [0.2, 0.25) is 5.02 Å². The number of nitrogens with one attached hydrogen (secondary N) is 1. The molecule has 218 valence electrons.